The number of rotatable bonds is 4. The van der Waals surface area contributed by atoms with E-state index in [9.17, 15) is 4.79 Å². The summed E-state index contributed by atoms with van der Waals surface area (Å²) in [6.45, 7) is 0.804. The summed E-state index contributed by atoms with van der Waals surface area (Å²) in [6, 6.07) is 20.1. The van der Waals surface area contributed by atoms with Gasteiger partial charge in [-0.2, -0.15) is 0 Å². The highest BCUT2D eigenvalue weighted by Gasteiger charge is 2.15. The quantitative estimate of drug-likeness (QED) is 0.729. The highest BCUT2D eigenvalue weighted by Crippen LogP contribution is 2.32. The number of likely N-dealkylation sites (N-methyl/N-ethyl adjacent to an activating group) is 1. The van der Waals surface area contributed by atoms with E-state index in [0.717, 1.165) is 28.0 Å². The molecule has 0 saturated heterocycles. The zero-order valence-corrected chi connectivity index (χ0v) is 14.1. The number of nitrogens with zero attached hydrogens (tertiary/aromatic N) is 1. The number of fused-ring (bicyclic) bond motifs is 2. The average Bonchev–Trinajstić information content (AvgIpc) is 3.09. The van der Waals surface area contributed by atoms with Crippen molar-refractivity contribution in [3.63, 3.8) is 0 Å². The molecule has 3 aromatic rings. The minimum atomic E-state index is 0.0907. The Kier molecular flexibility index (Phi) is 4.02. The molecule has 1 heterocycles. The van der Waals surface area contributed by atoms with Crippen molar-refractivity contribution in [3.8, 4) is 11.5 Å². The van der Waals surface area contributed by atoms with E-state index in [1.807, 2.05) is 43.4 Å². The van der Waals surface area contributed by atoms with E-state index in [2.05, 4.69) is 24.3 Å². The molecule has 0 spiro atoms. The second-order valence-corrected chi connectivity index (χ2v) is 6.30. The molecule has 4 rings (SSSR count). The maximum absolute atomic E-state index is 12.6. The number of amides is 1. The first-order chi connectivity index (χ1) is 12.2. The minimum absolute atomic E-state index is 0.0907. The van der Waals surface area contributed by atoms with Crippen LogP contribution in [-0.2, 0) is 17.8 Å². The van der Waals surface area contributed by atoms with Crippen LogP contribution in [0.5, 0.6) is 11.5 Å². The Morgan fingerprint density at radius 1 is 0.920 bits per heavy atom. The van der Waals surface area contributed by atoms with Crippen LogP contribution in [0.2, 0.25) is 0 Å². The van der Waals surface area contributed by atoms with Crippen LogP contribution in [0.15, 0.2) is 60.7 Å². The lowest BCUT2D eigenvalue weighted by Gasteiger charge is -2.18. The summed E-state index contributed by atoms with van der Waals surface area (Å²) in [4.78, 5) is 14.3. The molecule has 1 aliphatic rings. The predicted molar refractivity (Wildman–Crippen MR) is 96.7 cm³/mol. The van der Waals surface area contributed by atoms with Gasteiger partial charge in [-0.1, -0.05) is 48.5 Å². The Bertz CT molecular complexity index is 935. The van der Waals surface area contributed by atoms with Crippen molar-refractivity contribution in [2.45, 2.75) is 13.0 Å². The van der Waals surface area contributed by atoms with Crippen LogP contribution < -0.4 is 9.47 Å². The molecule has 4 heteroatoms. The van der Waals surface area contributed by atoms with E-state index in [0.29, 0.717) is 13.0 Å². The highest BCUT2D eigenvalue weighted by atomic mass is 16.7. The zero-order chi connectivity index (χ0) is 17.2. The van der Waals surface area contributed by atoms with Gasteiger partial charge in [0.15, 0.2) is 11.5 Å². The highest BCUT2D eigenvalue weighted by molar-refractivity contribution is 5.85. The molecule has 0 aliphatic carbocycles. The lowest BCUT2D eigenvalue weighted by atomic mass is 10.0. The maximum atomic E-state index is 12.6. The summed E-state index contributed by atoms with van der Waals surface area (Å²) >= 11 is 0. The third-order valence-electron chi connectivity index (χ3n) is 4.45. The fourth-order valence-electron chi connectivity index (χ4n) is 3.06. The average molecular weight is 333 g/mol. The maximum Gasteiger partial charge on any atom is 0.231 e. The van der Waals surface area contributed by atoms with Gasteiger partial charge >= 0.3 is 0 Å². The second kappa shape index (κ2) is 6.48. The molecule has 0 radical (unpaired) electrons. The molecule has 0 aromatic heterocycles. The number of carbonyl (C=O) groups excluding carboxylic acids is 1. The van der Waals surface area contributed by atoms with Gasteiger partial charge in [0.2, 0.25) is 12.7 Å². The van der Waals surface area contributed by atoms with Crippen molar-refractivity contribution < 1.29 is 14.3 Å². The molecule has 126 valence electrons. The summed E-state index contributed by atoms with van der Waals surface area (Å²) in [5.41, 5.74) is 2.06. The number of benzene rings is 3. The number of hydrogen-bond donors (Lipinski definition) is 0. The van der Waals surface area contributed by atoms with Crippen molar-refractivity contribution in [2.24, 2.45) is 0 Å². The van der Waals surface area contributed by atoms with Gasteiger partial charge in [0.1, 0.15) is 0 Å². The first kappa shape index (κ1) is 15.5. The van der Waals surface area contributed by atoms with Crippen LogP contribution in [0.3, 0.4) is 0 Å². The third-order valence-corrected chi connectivity index (χ3v) is 4.45. The van der Waals surface area contributed by atoms with Crippen molar-refractivity contribution in [1.29, 1.82) is 0 Å². The van der Waals surface area contributed by atoms with Crippen molar-refractivity contribution in [2.75, 3.05) is 13.8 Å². The van der Waals surface area contributed by atoms with Gasteiger partial charge in [-0.15, -0.1) is 0 Å². The summed E-state index contributed by atoms with van der Waals surface area (Å²) in [5, 5.41) is 2.35. The first-order valence-corrected chi connectivity index (χ1v) is 8.29. The van der Waals surface area contributed by atoms with Gasteiger partial charge in [0.25, 0.3) is 0 Å². The topological polar surface area (TPSA) is 38.8 Å². The van der Waals surface area contributed by atoms with Gasteiger partial charge in [-0.3, -0.25) is 4.79 Å². The van der Waals surface area contributed by atoms with Gasteiger partial charge < -0.3 is 14.4 Å². The molecule has 4 nitrogen and oxygen atoms in total. The summed E-state index contributed by atoms with van der Waals surface area (Å²) in [6.07, 6.45) is 0.395. The first-order valence-electron chi connectivity index (χ1n) is 8.29. The lowest BCUT2D eigenvalue weighted by molar-refractivity contribution is -0.129. The molecule has 25 heavy (non-hydrogen) atoms. The summed E-state index contributed by atoms with van der Waals surface area (Å²) in [7, 11) is 1.83. The van der Waals surface area contributed by atoms with Crippen LogP contribution in [0.25, 0.3) is 10.8 Å². The Balaban J connectivity index is 1.44. The fraction of sp³-hybridized carbons (Fsp3) is 0.190. The van der Waals surface area contributed by atoms with E-state index < -0.39 is 0 Å². The van der Waals surface area contributed by atoms with Crippen molar-refractivity contribution in [1.82, 2.24) is 4.90 Å². The van der Waals surface area contributed by atoms with Crippen LogP contribution in [0, 0.1) is 0 Å². The largest absolute Gasteiger partial charge is 0.454 e. The third kappa shape index (κ3) is 3.29. The molecular formula is C21H19NO3. The molecular weight excluding hydrogens is 314 g/mol. The molecule has 1 aliphatic heterocycles. The van der Waals surface area contributed by atoms with E-state index in [4.69, 9.17) is 9.47 Å². The Morgan fingerprint density at radius 3 is 2.56 bits per heavy atom. The van der Waals surface area contributed by atoms with E-state index >= 15 is 0 Å². The number of carbonyl (C=O) groups is 1. The predicted octanol–water partition coefficient (Wildman–Crippen LogP) is 3.77. The van der Waals surface area contributed by atoms with E-state index in [1.54, 1.807) is 4.90 Å². The molecule has 0 saturated carbocycles. The molecule has 0 bridgehead atoms. The fourth-order valence-corrected chi connectivity index (χ4v) is 3.06. The van der Waals surface area contributed by atoms with E-state index in [-0.39, 0.29) is 12.7 Å². The van der Waals surface area contributed by atoms with Gasteiger partial charge in [-0.05, 0) is 34.0 Å². The van der Waals surface area contributed by atoms with Crippen LogP contribution >= 0.6 is 0 Å². The summed E-state index contributed by atoms with van der Waals surface area (Å²) < 4.78 is 10.7. The normalized spacial score (nSPS) is 12.4. The van der Waals surface area contributed by atoms with Gasteiger partial charge in [0, 0.05) is 13.6 Å². The smallest absolute Gasteiger partial charge is 0.231 e. The SMILES string of the molecule is CN(Cc1ccc2c(c1)OCO2)C(=O)Cc1ccc2ccccc2c1. The number of hydrogen-bond acceptors (Lipinski definition) is 3. The van der Waals surface area contributed by atoms with Crippen LogP contribution in [0.1, 0.15) is 11.1 Å². The molecule has 3 aromatic carbocycles. The minimum Gasteiger partial charge on any atom is -0.454 e. The van der Waals surface area contributed by atoms with Crippen LogP contribution in [-0.4, -0.2) is 24.6 Å². The molecule has 0 atom stereocenters. The van der Waals surface area contributed by atoms with Gasteiger partial charge in [-0.25, -0.2) is 0 Å². The van der Waals surface area contributed by atoms with Crippen molar-refractivity contribution >= 4 is 16.7 Å². The Labute approximate surface area is 146 Å². The second-order valence-electron chi connectivity index (χ2n) is 6.30. The molecule has 0 fully saturated rings. The Hall–Kier alpha value is -3.01. The molecule has 0 unspecified atom stereocenters. The Morgan fingerprint density at radius 2 is 1.68 bits per heavy atom. The number of ether oxygens (including phenoxy) is 2. The van der Waals surface area contributed by atoms with Gasteiger partial charge in [0.05, 0.1) is 6.42 Å². The summed E-state index contributed by atoms with van der Waals surface area (Å²) in [5.74, 6) is 1.59. The lowest BCUT2D eigenvalue weighted by Crippen LogP contribution is -2.27. The molecule has 1 amide bonds. The zero-order valence-electron chi connectivity index (χ0n) is 14.1. The van der Waals surface area contributed by atoms with E-state index in [1.165, 1.54) is 5.39 Å². The molecule has 0 N–H and O–H groups in total. The monoisotopic (exact) mass is 333 g/mol. The van der Waals surface area contributed by atoms with Crippen molar-refractivity contribution in [3.05, 3.63) is 71.8 Å². The van der Waals surface area contributed by atoms with Crippen LogP contribution in [0.4, 0.5) is 0 Å². The standard InChI is InChI=1S/C21H19NO3/c1-22(13-16-7-9-19-20(11-16)25-14-24-19)21(23)12-15-6-8-17-4-2-3-5-18(17)10-15/h2-11H,12-14H2,1H3.